The van der Waals surface area contributed by atoms with Crippen LogP contribution in [0, 0.1) is 20.8 Å². The van der Waals surface area contributed by atoms with E-state index >= 15 is 0 Å². The van der Waals surface area contributed by atoms with Crippen LogP contribution in [0.15, 0.2) is 28.8 Å². The molecule has 1 aliphatic rings. The minimum absolute atomic E-state index is 0.115. The standard InChI is InChI=1S/C19H25N3O3/c1-13-4-5-14(2)16(10-13)17(23)12-21-6-8-22(9-7-21)19(24)18-11-15(3)20-25-18/h4-5,10-11,17,23H,6-9,12H2,1-3H3/t17-/m1/s1. The summed E-state index contributed by atoms with van der Waals surface area (Å²) in [6, 6.07) is 7.82. The van der Waals surface area contributed by atoms with E-state index < -0.39 is 6.10 Å². The van der Waals surface area contributed by atoms with Crippen molar-refractivity contribution in [3.8, 4) is 0 Å². The number of aliphatic hydroxyl groups is 1. The van der Waals surface area contributed by atoms with Crippen LogP contribution in [-0.4, -0.2) is 58.7 Å². The zero-order chi connectivity index (χ0) is 18.0. The number of amides is 1. The quantitative estimate of drug-likeness (QED) is 0.920. The van der Waals surface area contributed by atoms with Gasteiger partial charge in [0.2, 0.25) is 5.76 Å². The first kappa shape index (κ1) is 17.6. The summed E-state index contributed by atoms with van der Waals surface area (Å²) in [7, 11) is 0. The van der Waals surface area contributed by atoms with Gasteiger partial charge in [0, 0.05) is 38.8 Å². The van der Waals surface area contributed by atoms with Crippen LogP contribution in [0.2, 0.25) is 0 Å². The van der Waals surface area contributed by atoms with Crippen LogP contribution in [0.4, 0.5) is 0 Å². The third-order valence-corrected chi connectivity index (χ3v) is 4.72. The SMILES string of the molecule is Cc1ccc(C)c([C@H](O)CN2CCN(C(=O)c3cc(C)no3)CC2)c1. The Morgan fingerprint density at radius 1 is 1.20 bits per heavy atom. The maximum Gasteiger partial charge on any atom is 0.292 e. The average molecular weight is 343 g/mol. The van der Waals surface area contributed by atoms with Crippen molar-refractivity contribution in [2.24, 2.45) is 0 Å². The van der Waals surface area contributed by atoms with Gasteiger partial charge in [-0.15, -0.1) is 0 Å². The molecular formula is C19H25N3O3. The molecule has 0 unspecified atom stereocenters. The Kier molecular flexibility index (Phi) is 5.20. The Bertz CT molecular complexity index is 748. The summed E-state index contributed by atoms with van der Waals surface area (Å²) in [5.41, 5.74) is 3.94. The van der Waals surface area contributed by atoms with Gasteiger partial charge in [0.05, 0.1) is 11.8 Å². The number of carbonyl (C=O) groups excluding carboxylic acids is 1. The molecule has 3 rings (SSSR count). The summed E-state index contributed by atoms with van der Waals surface area (Å²) in [6.07, 6.45) is -0.515. The van der Waals surface area contributed by atoms with Crippen molar-refractivity contribution < 1.29 is 14.4 Å². The average Bonchev–Trinajstić information content (AvgIpc) is 3.03. The molecule has 0 spiro atoms. The van der Waals surface area contributed by atoms with Crippen molar-refractivity contribution in [1.82, 2.24) is 15.0 Å². The molecule has 1 fully saturated rings. The molecule has 0 bridgehead atoms. The summed E-state index contributed by atoms with van der Waals surface area (Å²) < 4.78 is 5.06. The molecule has 0 radical (unpaired) electrons. The predicted molar refractivity (Wildman–Crippen MR) is 94.5 cm³/mol. The van der Waals surface area contributed by atoms with Gasteiger partial charge in [-0.05, 0) is 31.9 Å². The summed E-state index contributed by atoms with van der Waals surface area (Å²) in [6.45, 7) is 9.15. The zero-order valence-electron chi connectivity index (χ0n) is 15.0. The van der Waals surface area contributed by atoms with Gasteiger partial charge in [0.25, 0.3) is 5.91 Å². The normalized spacial score (nSPS) is 16.9. The fraction of sp³-hybridized carbons (Fsp3) is 0.474. The lowest BCUT2D eigenvalue weighted by atomic mass is 10.0. The van der Waals surface area contributed by atoms with Crippen LogP contribution in [-0.2, 0) is 0 Å². The molecular weight excluding hydrogens is 318 g/mol. The molecule has 1 aliphatic heterocycles. The molecule has 2 aromatic rings. The number of carbonyl (C=O) groups is 1. The number of rotatable bonds is 4. The van der Waals surface area contributed by atoms with Crippen LogP contribution in [0.5, 0.6) is 0 Å². The number of hydrogen-bond donors (Lipinski definition) is 1. The third-order valence-electron chi connectivity index (χ3n) is 4.72. The van der Waals surface area contributed by atoms with E-state index in [0.717, 1.165) is 29.8 Å². The van der Waals surface area contributed by atoms with E-state index in [4.69, 9.17) is 4.52 Å². The predicted octanol–water partition coefficient (Wildman–Crippen LogP) is 2.09. The molecule has 134 valence electrons. The molecule has 2 heterocycles. The highest BCUT2D eigenvalue weighted by Crippen LogP contribution is 2.21. The maximum absolute atomic E-state index is 12.4. The second-order valence-electron chi connectivity index (χ2n) is 6.80. The number of aromatic nitrogens is 1. The summed E-state index contributed by atoms with van der Waals surface area (Å²) in [5.74, 6) is 0.177. The van der Waals surface area contributed by atoms with E-state index in [1.807, 2.05) is 26.0 Å². The lowest BCUT2D eigenvalue weighted by Gasteiger charge is -2.35. The second-order valence-corrected chi connectivity index (χ2v) is 6.80. The van der Waals surface area contributed by atoms with Gasteiger partial charge in [-0.25, -0.2) is 0 Å². The van der Waals surface area contributed by atoms with Gasteiger partial charge in [0.1, 0.15) is 0 Å². The minimum Gasteiger partial charge on any atom is -0.387 e. The Morgan fingerprint density at radius 2 is 1.92 bits per heavy atom. The molecule has 1 N–H and O–H groups in total. The monoisotopic (exact) mass is 343 g/mol. The van der Waals surface area contributed by atoms with Crippen molar-refractivity contribution in [2.45, 2.75) is 26.9 Å². The van der Waals surface area contributed by atoms with E-state index in [2.05, 4.69) is 16.1 Å². The summed E-state index contributed by atoms with van der Waals surface area (Å²) in [4.78, 5) is 16.3. The summed E-state index contributed by atoms with van der Waals surface area (Å²) in [5, 5.41) is 14.4. The fourth-order valence-electron chi connectivity index (χ4n) is 3.22. The number of β-amino-alcohol motifs (C(OH)–C–C–N with tert-alkyl or cyclic N) is 1. The van der Waals surface area contributed by atoms with Crippen molar-refractivity contribution >= 4 is 5.91 Å². The largest absolute Gasteiger partial charge is 0.387 e. The smallest absolute Gasteiger partial charge is 0.292 e. The van der Waals surface area contributed by atoms with Crippen LogP contribution < -0.4 is 0 Å². The number of piperazine rings is 1. The van der Waals surface area contributed by atoms with Crippen molar-refractivity contribution in [3.63, 3.8) is 0 Å². The Hall–Kier alpha value is -2.18. The van der Waals surface area contributed by atoms with Crippen LogP contribution >= 0.6 is 0 Å². The molecule has 0 aliphatic carbocycles. The van der Waals surface area contributed by atoms with Gasteiger partial charge in [-0.1, -0.05) is 28.9 Å². The van der Waals surface area contributed by atoms with Gasteiger partial charge >= 0.3 is 0 Å². The van der Waals surface area contributed by atoms with E-state index in [0.29, 0.717) is 31.1 Å². The molecule has 1 aromatic carbocycles. The van der Waals surface area contributed by atoms with Crippen LogP contribution in [0.25, 0.3) is 0 Å². The minimum atomic E-state index is -0.515. The van der Waals surface area contributed by atoms with Crippen molar-refractivity contribution in [2.75, 3.05) is 32.7 Å². The molecule has 6 nitrogen and oxygen atoms in total. The van der Waals surface area contributed by atoms with E-state index in [-0.39, 0.29) is 5.91 Å². The molecule has 1 aromatic heterocycles. The zero-order valence-corrected chi connectivity index (χ0v) is 15.0. The fourth-order valence-corrected chi connectivity index (χ4v) is 3.22. The van der Waals surface area contributed by atoms with Crippen molar-refractivity contribution in [3.05, 3.63) is 52.4 Å². The number of hydrogen-bond acceptors (Lipinski definition) is 5. The number of benzene rings is 1. The van der Waals surface area contributed by atoms with E-state index in [9.17, 15) is 9.90 Å². The Labute approximate surface area is 148 Å². The van der Waals surface area contributed by atoms with Gasteiger partial charge < -0.3 is 14.5 Å². The summed E-state index contributed by atoms with van der Waals surface area (Å²) >= 11 is 0. The third kappa shape index (κ3) is 4.08. The van der Waals surface area contributed by atoms with Gasteiger partial charge in [-0.3, -0.25) is 9.69 Å². The highest BCUT2D eigenvalue weighted by atomic mass is 16.5. The van der Waals surface area contributed by atoms with E-state index in [1.54, 1.807) is 17.9 Å². The first-order valence-corrected chi connectivity index (χ1v) is 8.64. The number of aryl methyl sites for hydroxylation is 3. The molecule has 1 amide bonds. The first-order valence-electron chi connectivity index (χ1n) is 8.64. The van der Waals surface area contributed by atoms with Crippen LogP contribution in [0.3, 0.4) is 0 Å². The molecule has 0 saturated carbocycles. The molecule has 25 heavy (non-hydrogen) atoms. The number of aliphatic hydroxyl groups excluding tert-OH is 1. The lowest BCUT2D eigenvalue weighted by Crippen LogP contribution is -2.49. The Morgan fingerprint density at radius 3 is 2.56 bits per heavy atom. The molecule has 1 atom stereocenters. The first-order chi connectivity index (χ1) is 11.9. The van der Waals surface area contributed by atoms with Crippen molar-refractivity contribution in [1.29, 1.82) is 0 Å². The molecule has 1 saturated heterocycles. The highest BCUT2D eigenvalue weighted by Gasteiger charge is 2.26. The maximum atomic E-state index is 12.4. The Balaban J connectivity index is 1.55. The van der Waals surface area contributed by atoms with E-state index in [1.165, 1.54) is 0 Å². The van der Waals surface area contributed by atoms with Crippen LogP contribution in [0.1, 0.15) is 39.0 Å². The van der Waals surface area contributed by atoms with Gasteiger partial charge in [-0.2, -0.15) is 0 Å². The topological polar surface area (TPSA) is 69.8 Å². The second kappa shape index (κ2) is 7.37. The number of nitrogens with zero attached hydrogens (tertiary/aromatic N) is 3. The van der Waals surface area contributed by atoms with Gasteiger partial charge in [0.15, 0.2) is 0 Å². The molecule has 6 heteroatoms. The highest BCUT2D eigenvalue weighted by molar-refractivity contribution is 5.91. The lowest BCUT2D eigenvalue weighted by molar-refractivity contribution is 0.0495.